The second kappa shape index (κ2) is 9.11. The average Bonchev–Trinajstić information content (AvgIpc) is 3.20. The van der Waals surface area contributed by atoms with Crippen LogP contribution < -0.4 is 10.2 Å². The Bertz CT molecular complexity index is 1130. The molecule has 2 N–H and O–H groups in total. The molecule has 3 aromatic rings. The summed E-state index contributed by atoms with van der Waals surface area (Å²) in [4.78, 5) is 29.9. The van der Waals surface area contributed by atoms with Crippen molar-refractivity contribution < 1.29 is 9.59 Å². The fraction of sp³-hybridized carbons (Fsp3) is 0.304. The minimum Gasteiger partial charge on any atom is -0.361 e. The van der Waals surface area contributed by atoms with Crippen molar-refractivity contribution in [3.63, 3.8) is 0 Å². The van der Waals surface area contributed by atoms with Gasteiger partial charge in [-0.1, -0.05) is 59.9 Å². The summed E-state index contributed by atoms with van der Waals surface area (Å²) in [6.45, 7) is 2.48. The Labute approximate surface area is 195 Å². The van der Waals surface area contributed by atoms with Gasteiger partial charge in [0.15, 0.2) is 4.84 Å². The molecule has 31 heavy (non-hydrogen) atoms. The molecule has 2 heterocycles. The number of carbonyl (C=O) groups excluding carboxylic acids is 2. The highest BCUT2D eigenvalue weighted by Gasteiger charge is 2.35. The topological polar surface area (TPSA) is 65.2 Å². The maximum absolute atomic E-state index is 13.8. The fourth-order valence-electron chi connectivity index (χ4n) is 4.23. The van der Waals surface area contributed by atoms with Gasteiger partial charge in [-0.15, -0.1) is 0 Å². The van der Waals surface area contributed by atoms with Gasteiger partial charge in [-0.25, -0.2) is 0 Å². The number of H-pyrrole nitrogens is 1. The van der Waals surface area contributed by atoms with E-state index in [1.807, 2.05) is 49.5 Å². The second-order valence-corrected chi connectivity index (χ2v) is 9.26. The van der Waals surface area contributed by atoms with E-state index < -0.39 is 16.8 Å². The standard InChI is InChI=1S/C23H22Cl3N3O2/c1-13(17-12-27-18-7-3-2-6-16(17)18)20(28-22(30)21(25)26)23(31)29-10-4-5-14-11-15(24)8-9-19(14)29/h2-3,6-9,11-13,20-21,27H,4-5,10H2,1H3,(H,28,30). The Hall–Kier alpha value is -2.21. The van der Waals surface area contributed by atoms with E-state index in [0.717, 1.165) is 40.6 Å². The molecular formula is C23H22Cl3N3O2. The van der Waals surface area contributed by atoms with Gasteiger partial charge in [0.1, 0.15) is 6.04 Å². The highest BCUT2D eigenvalue weighted by molar-refractivity contribution is 6.53. The number of anilines is 1. The average molecular weight is 479 g/mol. The van der Waals surface area contributed by atoms with Gasteiger partial charge < -0.3 is 15.2 Å². The first kappa shape index (κ1) is 22.0. The van der Waals surface area contributed by atoms with E-state index in [1.54, 1.807) is 11.0 Å². The maximum Gasteiger partial charge on any atom is 0.253 e. The van der Waals surface area contributed by atoms with Crippen LogP contribution in [0.4, 0.5) is 5.69 Å². The third kappa shape index (κ3) is 4.40. The van der Waals surface area contributed by atoms with E-state index in [1.165, 1.54) is 0 Å². The maximum atomic E-state index is 13.8. The van der Waals surface area contributed by atoms with E-state index in [2.05, 4.69) is 10.3 Å². The van der Waals surface area contributed by atoms with Gasteiger partial charge in [-0.3, -0.25) is 9.59 Å². The molecule has 1 aliphatic heterocycles. The van der Waals surface area contributed by atoms with Crippen molar-refractivity contribution in [3.05, 3.63) is 64.8 Å². The number of amides is 2. The lowest BCUT2D eigenvalue weighted by molar-refractivity contribution is -0.127. The number of halogens is 3. The summed E-state index contributed by atoms with van der Waals surface area (Å²) in [6.07, 6.45) is 3.54. The Morgan fingerprint density at radius 3 is 2.71 bits per heavy atom. The molecule has 2 atom stereocenters. The number of para-hydroxylation sites is 1. The number of alkyl halides is 2. The van der Waals surface area contributed by atoms with Gasteiger partial charge in [0.05, 0.1) is 0 Å². The molecule has 2 aromatic carbocycles. The van der Waals surface area contributed by atoms with Crippen molar-refractivity contribution in [2.24, 2.45) is 0 Å². The molecule has 1 aromatic heterocycles. The van der Waals surface area contributed by atoms with Crippen molar-refractivity contribution in [2.75, 3.05) is 11.4 Å². The highest BCUT2D eigenvalue weighted by atomic mass is 35.5. The lowest BCUT2D eigenvalue weighted by atomic mass is 9.90. The summed E-state index contributed by atoms with van der Waals surface area (Å²) in [5.74, 6) is -1.12. The largest absolute Gasteiger partial charge is 0.361 e. The number of aryl methyl sites for hydroxylation is 1. The number of hydrogen-bond acceptors (Lipinski definition) is 2. The van der Waals surface area contributed by atoms with E-state index >= 15 is 0 Å². The van der Waals surface area contributed by atoms with Gasteiger partial charge >= 0.3 is 0 Å². The SMILES string of the molecule is CC(c1c[nH]c2ccccc12)C(NC(=O)C(Cl)Cl)C(=O)N1CCCc2cc(Cl)ccc21. The molecule has 0 fully saturated rings. The summed E-state index contributed by atoms with van der Waals surface area (Å²) >= 11 is 17.7. The lowest BCUT2D eigenvalue weighted by Gasteiger charge is -2.34. The van der Waals surface area contributed by atoms with Crippen LogP contribution in [0.2, 0.25) is 5.02 Å². The van der Waals surface area contributed by atoms with Crippen LogP contribution in [0, 0.1) is 0 Å². The molecule has 0 saturated carbocycles. The van der Waals surface area contributed by atoms with Gasteiger partial charge in [-0.2, -0.15) is 0 Å². The molecule has 0 bridgehead atoms. The smallest absolute Gasteiger partial charge is 0.253 e. The summed E-state index contributed by atoms with van der Waals surface area (Å²) in [7, 11) is 0. The van der Waals surface area contributed by atoms with Gasteiger partial charge in [-0.05, 0) is 48.2 Å². The third-order valence-corrected chi connectivity index (χ3v) is 6.43. The first-order valence-electron chi connectivity index (χ1n) is 10.1. The normalized spacial score (nSPS) is 15.6. The minimum absolute atomic E-state index is 0.205. The van der Waals surface area contributed by atoms with Crippen molar-refractivity contribution >= 4 is 63.2 Å². The summed E-state index contributed by atoms with van der Waals surface area (Å²) in [5, 5.41) is 4.41. The van der Waals surface area contributed by atoms with Gasteiger partial charge in [0.2, 0.25) is 5.91 Å². The van der Waals surface area contributed by atoms with E-state index in [9.17, 15) is 9.59 Å². The quantitative estimate of drug-likeness (QED) is 0.496. The summed E-state index contributed by atoms with van der Waals surface area (Å²) < 4.78 is 0. The second-order valence-electron chi connectivity index (χ2n) is 7.73. The van der Waals surface area contributed by atoms with Crippen LogP contribution in [0.3, 0.4) is 0 Å². The number of carbonyl (C=O) groups is 2. The molecule has 0 aliphatic carbocycles. The monoisotopic (exact) mass is 477 g/mol. The van der Waals surface area contributed by atoms with Crippen LogP contribution in [0.5, 0.6) is 0 Å². The molecule has 0 radical (unpaired) electrons. The van der Waals surface area contributed by atoms with Crippen molar-refractivity contribution in [3.8, 4) is 0 Å². The van der Waals surface area contributed by atoms with Crippen molar-refractivity contribution in [2.45, 2.75) is 36.6 Å². The first-order valence-corrected chi connectivity index (χ1v) is 11.4. The van der Waals surface area contributed by atoms with Crippen LogP contribution in [-0.4, -0.2) is 34.2 Å². The Morgan fingerprint density at radius 1 is 1.16 bits per heavy atom. The zero-order valence-electron chi connectivity index (χ0n) is 16.9. The molecule has 162 valence electrons. The van der Waals surface area contributed by atoms with Crippen LogP contribution in [0.25, 0.3) is 10.9 Å². The molecule has 4 rings (SSSR count). The number of hydrogen-bond donors (Lipinski definition) is 2. The molecule has 5 nitrogen and oxygen atoms in total. The zero-order chi connectivity index (χ0) is 22.1. The van der Waals surface area contributed by atoms with Crippen LogP contribution in [-0.2, 0) is 16.0 Å². The minimum atomic E-state index is -1.27. The van der Waals surface area contributed by atoms with E-state index in [-0.39, 0.29) is 11.8 Å². The summed E-state index contributed by atoms with van der Waals surface area (Å²) in [5.41, 5.74) is 3.74. The Balaban J connectivity index is 1.72. The summed E-state index contributed by atoms with van der Waals surface area (Å²) in [6, 6.07) is 12.5. The number of benzene rings is 2. The number of fused-ring (bicyclic) bond motifs is 2. The molecular weight excluding hydrogens is 457 g/mol. The third-order valence-electron chi connectivity index (χ3n) is 5.80. The Kier molecular flexibility index (Phi) is 6.47. The number of aromatic amines is 1. The molecule has 1 aliphatic rings. The number of nitrogens with zero attached hydrogens (tertiary/aromatic N) is 1. The number of aromatic nitrogens is 1. The van der Waals surface area contributed by atoms with E-state index in [0.29, 0.717) is 11.6 Å². The molecule has 8 heteroatoms. The molecule has 0 saturated heterocycles. The van der Waals surface area contributed by atoms with Crippen LogP contribution >= 0.6 is 34.8 Å². The van der Waals surface area contributed by atoms with Crippen LogP contribution in [0.15, 0.2) is 48.7 Å². The molecule has 2 unspecified atom stereocenters. The Morgan fingerprint density at radius 2 is 1.94 bits per heavy atom. The van der Waals surface area contributed by atoms with Gasteiger partial charge in [0, 0.05) is 40.3 Å². The lowest BCUT2D eigenvalue weighted by Crippen LogP contribution is -2.53. The molecule has 2 amide bonds. The van der Waals surface area contributed by atoms with E-state index in [4.69, 9.17) is 34.8 Å². The number of rotatable bonds is 5. The zero-order valence-corrected chi connectivity index (χ0v) is 19.1. The predicted molar refractivity (Wildman–Crippen MR) is 126 cm³/mol. The highest BCUT2D eigenvalue weighted by Crippen LogP contribution is 2.33. The predicted octanol–water partition coefficient (Wildman–Crippen LogP) is 5.19. The van der Waals surface area contributed by atoms with Crippen LogP contribution in [0.1, 0.15) is 30.4 Å². The van der Waals surface area contributed by atoms with Crippen molar-refractivity contribution in [1.29, 1.82) is 0 Å². The first-order chi connectivity index (χ1) is 14.9. The van der Waals surface area contributed by atoms with Crippen molar-refractivity contribution in [1.82, 2.24) is 10.3 Å². The van der Waals surface area contributed by atoms with Gasteiger partial charge in [0.25, 0.3) is 5.91 Å². The molecule has 0 spiro atoms. The number of nitrogens with one attached hydrogen (secondary N) is 2. The fourth-order valence-corrected chi connectivity index (χ4v) is 4.55.